The van der Waals surface area contributed by atoms with Gasteiger partial charge in [0.05, 0.1) is 12.6 Å². The molecular formula is C19H31N3O3. The summed E-state index contributed by atoms with van der Waals surface area (Å²) in [5.74, 6) is 0.917. The number of rotatable bonds is 7. The Kier molecular flexibility index (Phi) is 7.52. The van der Waals surface area contributed by atoms with Crippen LogP contribution in [0.4, 0.5) is 4.79 Å². The molecule has 140 valence electrons. The second-order valence-corrected chi connectivity index (χ2v) is 6.91. The maximum absolute atomic E-state index is 12.3. The summed E-state index contributed by atoms with van der Waals surface area (Å²) in [7, 11) is 0. The van der Waals surface area contributed by atoms with Gasteiger partial charge in [-0.15, -0.1) is 0 Å². The summed E-state index contributed by atoms with van der Waals surface area (Å²) in [6, 6.07) is 6.35. The summed E-state index contributed by atoms with van der Waals surface area (Å²) in [4.78, 5) is 16.3. The van der Waals surface area contributed by atoms with Crippen molar-refractivity contribution >= 4 is 6.03 Å². The number of carbonyl (C=O) groups is 1. The van der Waals surface area contributed by atoms with Gasteiger partial charge in [0.25, 0.3) is 0 Å². The molecule has 1 atom stereocenters. The topological polar surface area (TPSA) is 76.0 Å². The molecule has 2 rings (SSSR count). The molecule has 6 nitrogen and oxygen atoms in total. The summed E-state index contributed by atoms with van der Waals surface area (Å²) in [5, 5.41) is 22.8. The summed E-state index contributed by atoms with van der Waals surface area (Å²) in [5.41, 5.74) is 0.605. The minimum Gasteiger partial charge on any atom is -0.508 e. The standard InChI is InChI=1S/C19H31N3O3/c1-3-22(14-18(24)16-5-4-6-17(23)13-16)19(25)20-9-12-21-10-7-15(2)8-11-21/h4-6,13,15,18,23-24H,3,7-12,14H2,1-2H3,(H,20,25)/t18-/m0/s1. The summed E-state index contributed by atoms with van der Waals surface area (Å²) in [6.07, 6.45) is 1.64. The SMILES string of the molecule is CCN(C[C@H](O)c1cccc(O)c1)C(=O)NCCN1CCC(C)CC1. The van der Waals surface area contributed by atoms with Crippen LogP contribution in [0.5, 0.6) is 5.75 Å². The van der Waals surface area contributed by atoms with E-state index in [0.29, 0.717) is 18.7 Å². The van der Waals surface area contributed by atoms with E-state index in [-0.39, 0.29) is 18.3 Å². The number of phenolic OH excluding ortho intramolecular Hbond substituents is 1. The Bertz CT molecular complexity index is 544. The molecule has 0 radical (unpaired) electrons. The van der Waals surface area contributed by atoms with Crippen LogP contribution in [0.1, 0.15) is 38.4 Å². The Labute approximate surface area is 150 Å². The number of likely N-dealkylation sites (N-methyl/N-ethyl adjacent to an activating group) is 1. The highest BCUT2D eigenvalue weighted by Crippen LogP contribution is 2.19. The van der Waals surface area contributed by atoms with Crippen LogP contribution >= 0.6 is 0 Å². The number of urea groups is 1. The maximum Gasteiger partial charge on any atom is 0.317 e. The normalized spacial score (nSPS) is 17.2. The quantitative estimate of drug-likeness (QED) is 0.705. The van der Waals surface area contributed by atoms with Gasteiger partial charge in [-0.25, -0.2) is 4.79 Å². The summed E-state index contributed by atoms with van der Waals surface area (Å²) < 4.78 is 0. The number of nitrogens with zero attached hydrogens (tertiary/aromatic N) is 2. The van der Waals surface area contributed by atoms with E-state index in [0.717, 1.165) is 25.6 Å². The molecule has 0 aromatic heterocycles. The van der Waals surface area contributed by atoms with Crippen LogP contribution in [0.3, 0.4) is 0 Å². The van der Waals surface area contributed by atoms with E-state index in [2.05, 4.69) is 17.1 Å². The van der Waals surface area contributed by atoms with Gasteiger partial charge in [-0.2, -0.15) is 0 Å². The Morgan fingerprint density at radius 1 is 1.40 bits per heavy atom. The summed E-state index contributed by atoms with van der Waals surface area (Å²) >= 11 is 0. The number of piperidine rings is 1. The fourth-order valence-electron chi connectivity index (χ4n) is 3.12. The van der Waals surface area contributed by atoms with Gasteiger partial charge < -0.3 is 25.3 Å². The number of hydrogen-bond donors (Lipinski definition) is 3. The molecule has 0 unspecified atom stereocenters. The highest BCUT2D eigenvalue weighted by Gasteiger charge is 2.19. The molecule has 1 fully saturated rings. The first-order valence-corrected chi connectivity index (χ1v) is 9.21. The molecule has 1 heterocycles. The summed E-state index contributed by atoms with van der Waals surface area (Å²) in [6.45, 7) is 8.58. The number of aliphatic hydroxyl groups is 1. The number of aliphatic hydroxyl groups excluding tert-OH is 1. The highest BCUT2D eigenvalue weighted by molar-refractivity contribution is 5.74. The lowest BCUT2D eigenvalue weighted by atomic mass is 9.99. The van der Waals surface area contributed by atoms with Gasteiger partial charge in [-0.3, -0.25) is 0 Å². The average Bonchev–Trinajstić information content (AvgIpc) is 2.61. The molecule has 1 aromatic rings. The first-order chi connectivity index (χ1) is 12.0. The lowest BCUT2D eigenvalue weighted by Gasteiger charge is -2.30. The lowest BCUT2D eigenvalue weighted by Crippen LogP contribution is -2.45. The molecule has 1 aliphatic rings. The molecule has 0 saturated carbocycles. The molecule has 1 saturated heterocycles. The van der Waals surface area contributed by atoms with Crippen molar-refractivity contribution < 1.29 is 15.0 Å². The molecule has 25 heavy (non-hydrogen) atoms. The predicted octanol–water partition coefficient (Wildman–Crippen LogP) is 2.19. The second-order valence-electron chi connectivity index (χ2n) is 6.91. The molecule has 0 aliphatic carbocycles. The van der Waals surface area contributed by atoms with Crippen molar-refractivity contribution in [2.24, 2.45) is 5.92 Å². The van der Waals surface area contributed by atoms with E-state index >= 15 is 0 Å². The zero-order valence-corrected chi connectivity index (χ0v) is 15.3. The smallest absolute Gasteiger partial charge is 0.317 e. The Morgan fingerprint density at radius 3 is 2.76 bits per heavy atom. The predicted molar refractivity (Wildman–Crippen MR) is 98.6 cm³/mol. The molecule has 1 aliphatic heterocycles. The number of amides is 2. The molecule has 3 N–H and O–H groups in total. The number of nitrogens with one attached hydrogen (secondary N) is 1. The Hall–Kier alpha value is -1.79. The fourth-order valence-corrected chi connectivity index (χ4v) is 3.12. The minimum absolute atomic E-state index is 0.111. The van der Waals surface area contributed by atoms with Crippen LogP contribution in [-0.4, -0.2) is 65.3 Å². The zero-order chi connectivity index (χ0) is 18.2. The molecule has 0 bridgehead atoms. The molecule has 6 heteroatoms. The Balaban J connectivity index is 1.76. The van der Waals surface area contributed by atoms with Crippen molar-refractivity contribution in [2.45, 2.75) is 32.8 Å². The van der Waals surface area contributed by atoms with Crippen LogP contribution in [0.25, 0.3) is 0 Å². The van der Waals surface area contributed by atoms with Gasteiger partial charge >= 0.3 is 6.03 Å². The maximum atomic E-state index is 12.3. The van der Waals surface area contributed by atoms with E-state index in [9.17, 15) is 15.0 Å². The Morgan fingerprint density at radius 2 is 2.12 bits per heavy atom. The van der Waals surface area contributed by atoms with Crippen molar-refractivity contribution in [3.8, 4) is 5.75 Å². The van der Waals surface area contributed by atoms with E-state index in [4.69, 9.17) is 0 Å². The monoisotopic (exact) mass is 349 g/mol. The minimum atomic E-state index is -0.818. The van der Waals surface area contributed by atoms with E-state index in [1.54, 1.807) is 23.1 Å². The zero-order valence-electron chi connectivity index (χ0n) is 15.3. The highest BCUT2D eigenvalue weighted by atomic mass is 16.3. The van der Waals surface area contributed by atoms with Crippen LogP contribution < -0.4 is 5.32 Å². The van der Waals surface area contributed by atoms with Crippen molar-refractivity contribution in [1.29, 1.82) is 0 Å². The number of benzene rings is 1. The van der Waals surface area contributed by atoms with Gasteiger partial charge in [-0.1, -0.05) is 19.1 Å². The van der Waals surface area contributed by atoms with Crippen molar-refractivity contribution in [3.63, 3.8) is 0 Å². The van der Waals surface area contributed by atoms with Crippen LogP contribution in [0.15, 0.2) is 24.3 Å². The van der Waals surface area contributed by atoms with Gasteiger partial charge in [0.1, 0.15) is 5.75 Å². The van der Waals surface area contributed by atoms with Crippen molar-refractivity contribution in [3.05, 3.63) is 29.8 Å². The van der Waals surface area contributed by atoms with E-state index in [1.165, 1.54) is 18.9 Å². The number of phenols is 1. The van der Waals surface area contributed by atoms with Crippen LogP contribution in [0.2, 0.25) is 0 Å². The molecular weight excluding hydrogens is 318 g/mol. The van der Waals surface area contributed by atoms with Crippen molar-refractivity contribution in [2.75, 3.05) is 39.3 Å². The van der Waals surface area contributed by atoms with Crippen LogP contribution in [-0.2, 0) is 0 Å². The molecule has 0 spiro atoms. The fraction of sp³-hybridized carbons (Fsp3) is 0.632. The first-order valence-electron chi connectivity index (χ1n) is 9.21. The third kappa shape index (κ3) is 6.21. The average molecular weight is 349 g/mol. The molecule has 1 aromatic carbocycles. The van der Waals surface area contributed by atoms with Gasteiger partial charge in [-0.05, 0) is 56.5 Å². The largest absolute Gasteiger partial charge is 0.508 e. The van der Waals surface area contributed by atoms with Gasteiger partial charge in [0.15, 0.2) is 0 Å². The number of aromatic hydroxyl groups is 1. The van der Waals surface area contributed by atoms with Crippen LogP contribution in [0, 0.1) is 5.92 Å². The lowest BCUT2D eigenvalue weighted by molar-refractivity contribution is 0.122. The van der Waals surface area contributed by atoms with Gasteiger partial charge in [0.2, 0.25) is 0 Å². The number of likely N-dealkylation sites (tertiary alicyclic amines) is 1. The van der Waals surface area contributed by atoms with E-state index in [1.807, 2.05) is 6.92 Å². The second kappa shape index (κ2) is 9.63. The first kappa shape index (κ1) is 19.5. The van der Waals surface area contributed by atoms with Crippen molar-refractivity contribution in [1.82, 2.24) is 15.1 Å². The molecule has 2 amide bonds. The van der Waals surface area contributed by atoms with E-state index < -0.39 is 6.10 Å². The number of carbonyl (C=O) groups excluding carboxylic acids is 1. The number of hydrogen-bond acceptors (Lipinski definition) is 4. The van der Waals surface area contributed by atoms with Gasteiger partial charge in [0, 0.05) is 19.6 Å². The third-order valence-corrected chi connectivity index (χ3v) is 4.90. The third-order valence-electron chi connectivity index (χ3n) is 4.90.